The van der Waals surface area contributed by atoms with E-state index in [9.17, 15) is 9.59 Å². The molecule has 0 atom stereocenters. The fourth-order valence-corrected chi connectivity index (χ4v) is 3.43. The summed E-state index contributed by atoms with van der Waals surface area (Å²) < 4.78 is 5.60. The Morgan fingerprint density at radius 2 is 1.93 bits per heavy atom. The highest BCUT2D eigenvalue weighted by Crippen LogP contribution is 2.29. The minimum Gasteiger partial charge on any atom is -0.481 e. The molecular weight excluding hydrogens is 366 g/mol. The fraction of sp³-hybridized carbons (Fsp3) is 0.450. The average Bonchev–Trinajstić information content (AvgIpc) is 2.97. The van der Waals surface area contributed by atoms with Gasteiger partial charge >= 0.3 is 0 Å². The molecular formula is C20H24ClN3O3. The first-order valence-electron chi connectivity index (χ1n) is 9.35. The van der Waals surface area contributed by atoms with Crippen molar-refractivity contribution in [2.75, 3.05) is 26.2 Å². The third-order valence-corrected chi connectivity index (χ3v) is 4.99. The van der Waals surface area contributed by atoms with E-state index in [1.807, 2.05) is 11.0 Å². The van der Waals surface area contributed by atoms with Gasteiger partial charge in [-0.1, -0.05) is 24.4 Å². The van der Waals surface area contributed by atoms with Gasteiger partial charge in [0, 0.05) is 37.6 Å². The van der Waals surface area contributed by atoms with Crippen LogP contribution >= 0.6 is 11.6 Å². The summed E-state index contributed by atoms with van der Waals surface area (Å²) in [6.45, 7) is 1.83. The largest absolute Gasteiger partial charge is 0.481 e. The van der Waals surface area contributed by atoms with Crippen LogP contribution in [0.15, 0.2) is 30.5 Å². The smallest absolute Gasteiger partial charge is 0.257 e. The van der Waals surface area contributed by atoms with Crippen molar-refractivity contribution in [1.82, 2.24) is 15.2 Å². The number of hydrogen-bond donors (Lipinski definition) is 1. The summed E-state index contributed by atoms with van der Waals surface area (Å²) in [5, 5.41) is 4.10. The van der Waals surface area contributed by atoms with E-state index in [0.717, 1.165) is 31.3 Å². The predicted molar refractivity (Wildman–Crippen MR) is 105 cm³/mol. The van der Waals surface area contributed by atoms with Gasteiger partial charge in [0.25, 0.3) is 5.91 Å². The van der Waals surface area contributed by atoms with E-state index < -0.39 is 0 Å². The van der Waals surface area contributed by atoms with Crippen molar-refractivity contribution in [3.05, 3.63) is 35.5 Å². The molecule has 1 aliphatic rings. The van der Waals surface area contributed by atoms with Crippen molar-refractivity contribution >= 4 is 34.3 Å². The second-order valence-corrected chi connectivity index (χ2v) is 7.04. The maximum atomic E-state index is 12.2. The number of amides is 2. The lowest BCUT2D eigenvalue weighted by molar-refractivity contribution is -0.131. The first kappa shape index (κ1) is 19.4. The van der Waals surface area contributed by atoms with Crippen LogP contribution in [0.1, 0.15) is 32.1 Å². The number of pyridine rings is 1. The molecule has 1 aliphatic heterocycles. The van der Waals surface area contributed by atoms with Gasteiger partial charge in [-0.25, -0.2) is 0 Å². The fourth-order valence-electron chi connectivity index (χ4n) is 3.21. The van der Waals surface area contributed by atoms with Crippen LogP contribution in [0.4, 0.5) is 0 Å². The third kappa shape index (κ3) is 5.32. The molecule has 7 heteroatoms. The molecule has 1 fully saturated rings. The van der Waals surface area contributed by atoms with Crippen LogP contribution in [0.25, 0.3) is 10.9 Å². The van der Waals surface area contributed by atoms with Gasteiger partial charge in [-0.15, -0.1) is 0 Å². The SMILES string of the molecule is O=C(COc1ccc(Cl)c2cccnc12)NCCC(=O)N1CCCCCC1. The van der Waals surface area contributed by atoms with Crippen LogP contribution < -0.4 is 10.1 Å². The third-order valence-electron chi connectivity index (χ3n) is 4.66. The summed E-state index contributed by atoms with van der Waals surface area (Å²) in [4.78, 5) is 30.4. The van der Waals surface area contributed by atoms with Gasteiger partial charge in [0.1, 0.15) is 11.3 Å². The minimum atomic E-state index is -0.266. The molecule has 1 aromatic carbocycles. The lowest BCUT2D eigenvalue weighted by Crippen LogP contribution is -2.36. The van der Waals surface area contributed by atoms with Crippen molar-refractivity contribution in [3.8, 4) is 5.75 Å². The van der Waals surface area contributed by atoms with Crippen molar-refractivity contribution in [1.29, 1.82) is 0 Å². The van der Waals surface area contributed by atoms with E-state index >= 15 is 0 Å². The molecule has 0 aliphatic carbocycles. The standard InChI is InChI=1S/C20H24ClN3O3/c21-16-7-8-17(20-15(16)6-5-10-23-20)27-14-18(25)22-11-9-19(26)24-12-3-1-2-4-13-24/h5-8,10H,1-4,9,11-14H2,(H,22,25). The number of benzene rings is 1. The monoisotopic (exact) mass is 389 g/mol. The zero-order valence-corrected chi connectivity index (χ0v) is 16.0. The summed E-state index contributed by atoms with van der Waals surface area (Å²) >= 11 is 6.15. The van der Waals surface area contributed by atoms with E-state index in [1.165, 1.54) is 12.8 Å². The van der Waals surface area contributed by atoms with Gasteiger partial charge in [-0.3, -0.25) is 14.6 Å². The molecule has 1 N–H and O–H groups in total. The number of carbonyl (C=O) groups is 2. The van der Waals surface area contributed by atoms with Gasteiger partial charge in [-0.05, 0) is 37.1 Å². The summed E-state index contributed by atoms with van der Waals surface area (Å²) in [5.41, 5.74) is 0.620. The van der Waals surface area contributed by atoms with Crippen molar-refractivity contribution in [2.45, 2.75) is 32.1 Å². The molecule has 1 aromatic heterocycles. The lowest BCUT2D eigenvalue weighted by atomic mass is 10.2. The molecule has 0 saturated carbocycles. The van der Waals surface area contributed by atoms with E-state index in [2.05, 4.69) is 10.3 Å². The number of likely N-dealkylation sites (tertiary alicyclic amines) is 1. The summed E-state index contributed by atoms with van der Waals surface area (Å²) in [7, 11) is 0. The molecule has 27 heavy (non-hydrogen) atoms. The van der Waals surface area contributed by atoms with Crippen LogP contribution in [-0.4, -0.2) is 47.9 Å². The molecule has 0 spiro atoms. The Labute approximate surface area is 163 Å². The Morgan fingerprint density at radius 1 is 1.15 bits per heavy atom. The molecule has 0 bridgehead atoms. The predicted octanol–water partition coefficient (Wildman–Crippen LogP) is 3.18. The lowest BCUT2D eigenvalue weighted by Gasteiger charge is -2.20. The maximum Gasteiger partial charge on any atom is 0.257 e. The number of ether oxygens (including phenoxy) is 1. The molecule has 0 radical (unpaired) electrons. The number of fused-ring (bicyclic) bond motifs is 1. The molecule has 2 heterocycles. The molecule has 2 aromatic rings. The van der Waals surface area contributed by atoms with Gasteiger partial charge in [0.15, 0.2) is 6.61 Å². The highest BCUT2D eigenvalue weighted by molar-refractivity contribution is 6.35. The number of nitrogens with zero attached hydrogens (tertiary/aromatic N) is 2. The molecule has 2 amide bonds. The Hall–Kier alpha value is -2.34. The van der Waals surface area contributed by atoms with Gasteiger partial charge < -0.3 is 15.0 Å². The average molecular weight is 390 g/mol. The van der Waals surface area contributed by atoms with E-state index in [1.54, 1.807) is 24.4 Å². The Kier molecular flexibility index (Phi) is 6.87. The Balaban J connectivity index is 1.45. The van der Waals surface area contributed by atoms with Crippen LogP contribution in [0.3, 0.4) is 0 Å². The summed E-state index contributed by atoms with van der Waals surface area (Å²) in [5.74, 6) is 0.342. The highest BCUT2D eigenvalue weighted by atomic mass is 35.5. The normalized spacial score (nSPS) is 14.6. The number of halogens is 1. The highest BCUT2D eigenvalue weighted by Gasteiger charge is 2.15. The Bertz CT molecular complexity index is 804. The number of aromatic nitrogens is 1. The van der Waals surface area contributed by atoms with Gasteiger partial charge in [-0.2, -0.15) is 0 Å². The number of rotatable bonds is 6. The maximum absolute atomic E-state index is 12.2. The first-order valence-corrected chi connectivity index (χ1v) is 9.73. The van der Waals surface area contributed by atoms with Crippen LogP contribution in [0, 0.1) is 0 Å². The van der Waals surface area contributed by atoms with Crippen molar-refractivity contribution in [3.63, 3.8) is 0 Å². The zero-order chi connectivity index (χ0) is 19.1. The molecule has 0 unspecified atom stereocenters. The molecule has 144 valence electrons. The zero-order valence-electron chi connectivity index (χ0n) is 15.2. The summed E-state index contributed by atoms with van der Waals surface area (Å²) in [6, 6.07) is 7.07. The second kappa shape index (κ2) is 9.55. The van der Waals surface area contributed by atoms with E-state index in [0.29, 0.717) is 29.3 Å². The molecule has 6 nitrogen and oxygen atoms in total. The number of nitrogens with one attached hydrogen (secondary N) is 1. The summed E-state index contributed by atoms with van der Waals surface area (Å²) in [6.07, 6.45) is 6.47. The van der Waals surface area contributed by atoms with E-state index in [4.69, 9.17) is 16.3 Å². The van der Waals surface area contributed by atoms with Crippen LogP contribution in [0.5, 0.6) is 5.75 Å². The minimum absolute atomic E-state index is 0.103. The van der Waals surface area contributed by atoms with Crippen LogP contribution in [-0.2, 0) is 9.59 Å². The number of hydrogen-bond acceptors (Lipinski definition) is 4. The quantitative estimate of drug-likeness (QED) is 0.823. The van der Waals surface area contributed by atoms with Gasteiger partial charge in [0.05, 0.1) is 5.02 Å². The first-order chi connectivity index (χ1) is 13.1. The van der Waals surface area contributed by atoms with Crippen LogP contribution in [0.2, 0.25) is 5.02 Å². The topological polar surface area (TPSA) is 71.5 Å². The number of carbonyl (C=O) groups excluding carboxylic acids is 2. The van der Waals surface area contributed by atoms with Crippen molar-refractivity contribution < 1.29 is 14.3 Å². The second-order valence-electron chi connectivity index (χ2n) is 6.63. The Morgan fingerprint density at radius 3 is 2.70 bits per heavy atom. The van der Waals surface area contributed by atoms with E-state index in [-0.39, 0.29) is 18.4 Å². The molecule has 3 rings (SSSR count). The van der Waals surface area contributed by atoms with Gasteiger partial charge in [0.2, 0.25) is 5.91 Å². The molecule has 1 saturated heterocycles. The van der Waals surface area contributed by atoms with Crippen molar-refractivity contribution in [2.24, 2.45) is 0 Å².